The number of nitrogens with zero attached hydrogens (tertiary/aromatic N) is 1. The third kappa shape index (κ3) is 4.44. The summed E-state index contributed by atoms with van der Waals surface area (Å²) in [7, 11) is 0. The van der Waals surface area contributed by atoms with Gasteiger partial charge in [-0.2, -0.15) is 0 Å². The van der Waals surface area contributed by atoms with Gasteiger partial charge in [0.15, 0.2) is 0 Å². The van der Waals surface area contributed by atoms with Crippen LogP contribution in [-0.2, 0) is 0 Å². The monoisotopic (exact) mass is 308 g/mol. The second-order valence-corrected chi connectivity index (χ2v) is 6.81. The number of carbonyl (C=O) groups excluding carboxylic acids is 1. The Morgan fingerprint density at radius 2 is 1.90 bits per heavy atom. The summed E-state index contributed by atoms with van der Waals surface area (Å²) >= 11 is 6.03. The van der Waals surface area contributed by atoms with Gasteiger partial charge in [0.05, 0.1) is 0 Å². The van der Waals surface area contributed by atoms with E-state index in [1.807, 2.05) is 19.9 Å². The smallest absolute Gasteiger partial charge is 0.251 e. The lowest BCUT2D eigenvalue weighted by Gasteiger charge is -2.28. The molecule has 1 aromatic heterocycles. The lowest BCUT2D eigenvalue weighted by molar-refractivity contribution is 0.0919. The first-order valence-electron chi connectivity index (χ1n) is 7.95. The maximum Gasteiger partial charge on any atom is 0.251 e. The van der Waals surface area contributed by atoms with Crippen molar-refractivity contribution in [2.24, 2.45) is 5.92 Å². The van der Waals surface area contributed by atoms with Crippen LogP contribution in [0.5, 0.6) is 0 Å². The van der Waals surface area contributed by atoms with E-state index < -0.39 is 0 Å². The molecule has 0 saturated heterocycles. The summed E-state index contributed by atoms with van der Waals surface area (Å²) in [6, 6.07) is 3.71. The first kappa shape index (κ1) is 16.3. The molecule has 1 atom stereocenters. The van der Waals surface area contributed by atoms with Crippen LogP contribution in [-0.4, -0.2) is 16.9 Å². The second kappa shape index (κ2) is 7.26. The Kier molecular flexibility index (Phi) is 5.63. The van der Waals surface area contributed by atoms with Crippen LogP contribution in [0.1, 0.15) is 74.8 Å². The molecule has 1 N–H and O–H groups in total. The van der Waals surface area contributed by atoms with E-state index in [9.17, 15) is 4.79 Å². The van der Waals surface area contributed by atoms with E-state index in [0.29, 0.717) is 16.6 Å². The van der Waals surface area contributed by atoms with Gasteiger partial charge in [0, 0.05) is 17.3 Å². The third-order valence-electron chi connectivity index (χ3n) is 4.38. The van der Waals surface area contributed by atoms with Gasteiger partial charge in [0.2, 0.25) is 0 Å². The van der Waals surface area contributed by atoms with Crippen molar-refractivity contribution in [2.75, 3.05) is 0 Å². The highest BCUT2D eigenvalue weighted by Crippen LogP contribution is 2.26. The van der Waals surface area contributed by atoms with Crippen LogP contribution in [0, 0.1) is 5.92 Å². The molecule has 1 fully saturated rings. The number of rotatable bonds is 4. The van der Waals surface area contributed by atoms with Gasteiger partial charge in [-0.1, -0.05) is 44.7 Å². The maximum absolute atomic E-state index is 12.4. The molecule has 2 rings (SSSR count). The zero-order valence-electron chi connectivity index (χ0n) is 13.2. The number of halogens is 1. The van der Waals surface area contributed by atoms with Crippen LogP contribution in [0.2, 0.25) is 5.15 Å². The highest BCUT2D eigenvalue weighted by molar-refractivity contribution is 6.29. The maximum atomic E-state index is 12.4. The quantitative estimate of drug-likeness (QED) is 0.829. The van der Waals surface area contributed by atoms with E-state index >= 15 is 0 Å². The molecule has 1 heterocycles. The van der Waals surface area contributed by atoms with Crippen molar-refractivity contribution < 1.29 is 4.79 Å². The first-order chi connectivity index (χ1) is 9.97. The van der Waals surface area contributed by atoms with E-state index in [4.69, 9.17) is 11.6 Å². The number of hydrogen-bond donors (Lipinski definition) is 1. The summed E-state index contributed by atoms with van der Waals surface area (Å²) in [5, 5.41) is 3.52. The predicted molar refractivity (Wildman–Crippen MR) is 86.8 cm³/mol. The summed E-state index contributed by atoms with van der Waals surface area (Å²) in [4.78, 5) is 16.7. The number of hydrogen-bond acceptors (Lipinski definition) is 2. The fraction of sp³-hybridized carbons (Fsp3) is 0.647. The fourth-order valence-corrected chi connectivity index (χ4v) is 3.20. The molecule has 0 aromatic carbocycles. The highest BCUT2D eigenvalue weighted by Gasteiger charge is 2.22. The van der Waals surface area contributed by atoms with Crippen molar-refractivity contribution >= 4 is 17.5 Å². The minimum atomic E-state index is -0.0423. The average molecular weight is 309 g/mol. The number of carbonyl (C=O) groups is 1. The Morgan fingerprint density at radius 1 is 1.24 bits per heavy atom. The molecule has 1 aliphatic carbocycles. The molecule has 1 amide bonds. The Labute approximate surface area is 132 Å². The van der Waals surface area contributed by atoms with Crippen molar-refractivity contribution in [1.82, 2.24) is 10.3 Å². The molecule has 0 spiro atoms. The van der Waals surface area contributed by atoms with Crippen LogP contribution in [0.25, 0.3) is 0 Å². The SMILES string of the molecule is CC(C)c1cc(C(=O)NC(C)C2CCCCC2)cc(Cl)n1. The van der Waals surface area contributed by atoms with Crippen LogP contribution < -0.4 is 5.32 Å². The minimum absolute atomic E-state index is 0.0423. The lowest BCUT2D eigenvalue weighted by Crippen LogP contribution is -2.38. The molecular formula is C17H25ClN2O. The molecule has 1 aromatic rings. The van der Waals surface area contributed by atoms with Crippen molar-refractivity contribution in [3.63, 3.8) is 0 Å². The Morgan fingerprint density at radius 3 is 2.52 bits per heavy atom. The summed E-state index contributed by atoms with van der Waals surface area (Å²) in [5.41, 5.74) is 1.47. The van der Waals surface area contributed by atoms with Crippen molar-refractivity contribution in [1.29, 1.82) is 0 Å². The van der Waals surface area contributed by atoms with Gasteiger partial charge in [-0.3, -0.25) is 4.79 Å². The molecule has 116 valence electrons. The summed E-state index contributed by atoms with van der Waals surface area (Å²) in [6.45, 7) is 6.20. The summed E-state index contributed by atoms with van der Waals surface area (Å²) in [5.74, 6) is 0.815. The number of nitrogens with one attached hydrogen (secondary N) is 1. The van der Waals surface area contributed by atoms with Crippen LogP contribution >= 0.6 is 11.6 Å². The lowest BCUT2D eigenvalue weighted by atomic mass is 9.84. The fourth-order valence-electron chi connectivity index (χ4n) is 2.99. The standard InChI is InChI=1S/C17H25ClN2O/c1-11(2)15-9-14(10-16(18)20-15)17(21)19-12(3)13-7-5-4-6-8-13/h9-13H,4-8H2,1-3H3,(H,19,21). The van der Waals surface area contributed by atoms with E-state index in [1.165, 1.54) is 32.1 Å². The summed E-state index contributed by atoms with van der Waals surface area (Å²) in [6.07, 6.45) is 6.33. The first-order valence-corrected chi connectivity index (χ1v) is 8.33. The normalized spacial score (nSPS) is 17.8. The minimum Gasteiger partial charge on any atom is -0.349 e. The zero-order chi connectivity index (χ0) is 15.4. The molecule has 4 heteroatoms. The van der Waals surface area contributed by atoms with Gasteiger partial charge in [-0.05, 0) is 43.7 Å². The van der Waals surface area contributed by atoms with E-state index in [0.717, 1.165) is 5.69 Å². The topological polar surface area (TPSA) is 42.0 Å². The van der Waals surface area contributed by atoms with Crippen molar-refractivity contribution in [3.8, 4) is 0 Å². The van der Waals surface area contributed by atoms with Crippen molar-refractivity contribution in [3.05, 3.63) is 28.5 Å². The molecule has 3 nitrogen and oxygen atoms in total. The number of pyridine rings is 1. The molecule has 0 radical (unpaired) electrons. The Hall–Kier alpha value is -1.09. The molecule has 1 aliphatic rings. The van der Waals surface area contributed by atoms with Gasteiger partial charge in [-0.25, -0.2) is 4.98 Å². The number of aromatic nitrogens is 1. The van der Waals surface area contributed by atoms with Gasteiger partial charge in [-0.15, -0.1) is 0 Å². The van der Waals surface area contributed by atoms with Crippen LogP contribution in [0.4, 0.5) is 0 Å². The predicted octanol–water partition coefficient (Wildman–Crippen LogP) is 4.56. The third-order valence-corrected chi connectivity index (χ3v) is 4.58. The van der Waals surface area contributed by atoms with Gasteiger partial charge in [0.25, 0.3) is 5.91 Å². The molecule has 0 aliphatic heterocycles. The average Bonchev–Trinajstić information content (AvgIpc) is 2.47. The molecular weight excluding hydrogens is 284 g/mol. The zero-order valence-corrected chi connectivity index (χ0v) is 13.9. The Bertz CT molecular complexity index is 496. The molecule has 21 heavy (non-hydrogen) atoms. The van der Waals surface area contributed by atoms with E-state index in [2.05, 4.69) is 17.2 Å². The second-order valence-electron chi connectivity index (χ2n) is 6.42. The van der Waals surface area contributed by atoms with Gasteiger partial charge in [0.1, 0.15) is 5.15 Å². The molecule has 1 saturated carbocycles. The van der Waals surface area contributed by atoms with Gasteiger partial charge >= 0.3 is 0 Å². The van der Waals surface area contributed by atoms with Gasteiger partial charge < -0.3 is 5.32 Å². The highest BCUT2D eigenvalue weighted by atomic mass is 35.5. The van der Waals surface area contributed by atoms with Crippen LogP contribution in [0.3, 0.4) is 0 Å². The number of amides is 1. The summed E-state index contributed by atoms with van der Waals surface area (Å²) < 4.78 is 0. The largest absolute Gasteiger partial charge is 0.349 e. The van der Waals surface area contributed by atoms with Crippen molar-refractivity contribution in [2.45, 2.75) is 64.8 Å². The van der Waals surface area contributed by atoms with E-state index in [-0.39, 0.29) is 17.9 Å². The Balaban J connectivity index is 2.05. The molecule has 0 bridgehead atoms. The molecule has 1 unspecified atom stereocenters. The van der Waals surface area contributed by atoms with E-state index in [1.54, 1.807) is 6.07 Å². The van der Waals surface area contributed by atoms with Crippen LogP contribution in [0.15, 0.2) is 12.1 Å².